The fourth-order valence-corrected chi connectivity index (χ4v) is 3.84. The van der Waals surface area contributed by atoms with Crippen LogP contribution in [-0.2, 0) is 4.79 Å². The molecule has 2 heterocycles. The third kappa shape index (κ3) is 3.57. The summed E-state index contributed by atoms with van der Waals surface area (Å²) in [5.74, 6) is 1.06. The molecule has 0 aliphatic carbocycles. The number of amides is 1. The van der Waals surface area contributed by atoms with Crippen molar-refractivity contribution in [2.24, 2.45) is 0 Å². The lowest BCUT2D eigenvalue weighted by Crippen LogP contribution is -2.25. The van der Waals surface area contributed by atoms with Gasteiger partial charge in [0.1, 0.15) is 5.82 Å². The van der Waals surface area contributed by atoms with Gasteiger partial charge in [-0.3, -0.25) is 9.20 Å². The maximum Gasteiger partial charge on any atom is 0.230 e. The lowest BCUT2D eigenvalue weighted by atomic mass is 10.1. The van der Waals surface area contributed by atoms with Gasteiger partial charge in [-0.05, 0) is 31.5 Å². The average molecular weight is 392 g/mol. The number of aryl methyl sites for hydroxylation is 1. The van der Waals surface area contributed by atoms with Crippen molar-refractivity contribution in [3.63, 3.8) is 0 Å². The smallest absolute Gasteiger partial charge is 0.230 e. The van der Waals surface area contributed by atoms with E-state index in [0.717, 1.165) is 39.9 Å². The zero-order valence-electron chi connectivity index (χ0n) is 15.8. The van der Waals surface area contributed by atoms with Crippen molar-refractivity contribution in [3.05, 3.63) is 54.1 Å². The molecule has 0 saturated heterocycles. The Hall–Kier alpha value is -2.93. The van der Waals surface area contributed by atoms with Gasteiger partial charge in [0.2, 0.25) is 5.91 Å². The van der Waals surface area contributed by atoms with Gasteiger partial charge in [-0.15, -0.1) is 10.2 Å². The first kappa shape index (κ1) is 18.4. The van der Waals surface area contributed by atoms with Gasteiger partial charge in [0, 0.05) is 17.5 Å². The second-order valence-corrected chi connectivity index (χ2v) is 7.54. The Labute approximate surface area is 167 Å². The van der Waals surface area contributed by atoms with Crippen molar-refractivity contribution < 1.29 is 4.79 Å². The summed E-state index contributed by atoms with van der Waals surface area (Å²) in [6, 6.07) is 16.1. The molecule has 0 atom stereocenters. The van der Waals surface area contributed by atoms with Crippen molar-refractivity contribution in [2.45, 2.75) is 25.4 Å². The monoisotopic (exact) mass is 391 g/mol. The molecule has 7 heteroatoms. The molecule has 2 aromatic carbocycles. The molecular weight excluding hydrogens is 370 g/mol. The molecule has 0 aliphatic heterocycles. The summed E-state index contributed by atoms with van der Waals surface area (Å²) in [5, 5.41) is 13.3. The number of nitrogens with zero attached hydrogens (tertiary/aromatic N) is 4. The number of fused-ring (bicyclic) bond motifs is 3. The Kier molecular flexibility index (Phi) is 5.25. The van der Waals surface area contributed by atoms with E-state index in [0.29, 0.717) is 17.5 Å². The second-order valence-electron chi connectivity index (χ2n) is 6.60. The molecule has 28 heavy (non-hydrogen) atoms. The van der Waals surface area contributed by atoms with Gasteiger partial charge >= 0.3 is 0 Å². The minimum atomic E-state index is -0.00514. The normalized spacial score (nSPS) is 11.2. The lowest BCUT2D eigenvalue weighted by molar-refractivity contribution is -0.118. The molecular formula is C21H21N5OS. The van der Waals surface area contributed by atoms with Gasteiger partial charge in [0.05, 0.1) is 11.3 Å². The third-order valence-corrected chi connectivity index (χ3v) is 5.33. The van der Waals surface area contributed by atoms with Gasteiger partial charge in [-0.2, -0.15) is 0 Å². The van der Waals surface area contributed by atoms with E-state index in [1.807, 2.05) is 47.7 Å². The molecule has 0 saturated carbocycles. The molecule has 0 spiro atoms. The Balaban J connectivity index is 1.83. The average Bonchev–Trinajstić information content (AvgIpc) is 3.14. The molecule has 0 unspecified atom stereocenters. The largest absolute Gasteiger partial charge is 0.355 e. The van der Waals surface area contributed by atoms with Gasteiger partial charge in [-0.1, -0.05) is 54.6 Å². The number of carbonyl (C=O) groups excluding carboxylic acids is 1. The number of rotatable bonds is 6. The van der Waals surface area contributed by atoms with Crippen LogP contribution in [-0.4, -0.2) is 37.8 Å². The van der Waals surface area contributed by atoms with E-state index in [9.17, 15) is 4.79 Å². The summed E-state index contributed by atoms with van der Waals surface area (Å²) in [6.07, 6.45) is 0.914. The minimum Gasteiger partial charge on any atom is -0.355 e. The maximum absolute atomic E-state index is 12.0. The van der Waals surface area contributed by atoms with E-state index < -0.39 is 0 Å². The fourth-order valence-electron chi connectivity index (χ4n) is 3.08. The van der Waals surface area contributed by atoms with Crippen LogP contribution >= 0.6 is 11.8 Å². The van der Waals surface area contributed by atoms with Gasteiger partial charge in [0.25, 0.3) is 0 Å². The molecule has 6 nitrogen and oxygen atoms in total. The number of thioether (sulfide) groups is 1. The van der Waals surface area contributed by atoms with E-state index in [2.05, 4.69) is 34.6 Å². The van der Waals surface area contributed by atoms with Crippen LogP contribution in [0.25, 0.3) is 27.9 Å². The summed E-state index contributed by atoms with van der Waals surface area (Å²) in [5.41, 5.74) is 3.77. The first-order chi connectivity index (χ1) is 13.7. The minimum absolute atomic E-state index is 0.00514. The van der Waals surface area contributed by atoms with Crippen LogP contribution < -0.4 is 5.32 Å². The Morgan fingerprint density at radius 3 is 2.82 bits per heavy atom. The van der Waals surface area contributed by atoms with Crippen LogP contribution in [0.3, 0.4) is 0 Å². The van der Waals surface area contributed by atoms with Crippen LogP contribution in [0.4, 0.5) is 0 Å². The number of nitrogens with one attached hydrogen (secondary N) is 1. The molecule has 0 bridgehead atoms. The number of benzene rings is 2. The summed E-state index contributed by atoms with van der Waals surface area (Å²) >= 11 is 1.37. The van der Waals surface area contributed by atoms with Crippen molar-refractivity contribution in [1.82, 2.24) is 24.9 Å². The SMILES string of the molecule is CCCNC(=O)CSc1nnc2c3ccccc3nc(-c3cccc(C)c3)n12. The number of hydrogen-bond acceptors (Lipinski definition) is 5. The third-order valence-electron chi connectivity index (χ3n) is 4.40. The summed E-state index contributed by atoms with van der Waals surface area (Å²) < 4.78 is 1.95. The summed E-state index contributed by atoms with van der Waals surface area (Å²) in [4.78, 5) is 16.9. The maximum atomic E-state index is 12.0. The van der Waals surface area contributed by atoms with E-state index in [4.69, 9.17) is 4.98 Å². The van der Waals surface area contributed by atoms with Crippen molar-refractivity contribution in [2.75, 3.05) is 12.3 Å². The molecule has 0 fully saturated rings. The molecule has 0 radical (unpaired) electrons. The zero-order chi connectivity index (χ0) is 19.5. The predicted molar refractivity (Wildman–Crippen MR) is 112 cm³/mol. The molecule has 0 aliphatic rings. The van der Waals surface area contributed by atoms with Crippen LogP contribution in [0.5, 0.6) is 0 Å². The summed E-state index contributed by atoms with van der Waals surface area (Å²) in [6.45, 7) is 4.77. The van der Waals surface area contributed by atoms with Crippen molar-refractivity contribution in [1.29, 1.82) is 0 Å². The first-order valence-electron chi connectivity index (χ1n) is 9.28. The number of hydrogen-bond donors (Lipinski definition) is 1. The highest BCUT2D eigenvalue weighted by molar-refractivity contribution is 7.99. The fraction of sp³-hybridized carbons (Fsp3) is 0.238. The van der Waals surface area contributed by atoms with Crippen LogP contribution in [0.1, 0.15) is 18.9 Å². The van der Waals surface area contributed by atoms with Crippen LogP contribution in [0.2, 0.25) is 0 Å². The Morgan fingerprint density at radius 1 is 1.14 bits per heavy atom. The van der Waals surface area contributed by atoms with Crippen LogP contribution in [0, 0.1) is 6.92 Å². The Morgan fingerprint density at radius 2 is 2.00 bits per heavy atom. The molecule has 1 N–H and O–H groups in total. The molecule has 2 aromatic heterocycles. The van der Waals surface area contributed by atoms with E-state index in [-0.39, 0.29) is 5.91 Å². The van der Waals surface area contributed by atoms with Crippen molar-refractivity contribution >= 4 is 34.2 Å². The lowest BCUT2D eigenvalue weighted by Gasteiger charge is -2.10. The zero-order valence-corrected chi connectivity index (χ0v) is 16.7. The quantitative estimate of drug-likeness (QED) is 0.505. The Bertz CT molecular complexity index is 1150. The molecule has 1 amide bonds. The number of carbonyl (C=O) groups is 1. The highest BCUT2D eigenvalue weighted by Gasteiger charge is 2.17. The van der Waals surface area contributed by atoms with E-state index in [1.165, 1.54) is 11.8 Å². The van der Waals surface area contributed by atoms with Crippen LogP contribution in [0.15, 0.2) is 53.7 Å². The standard InChI is InChI=1S/C21H21N5OS/c1-3-11-22-18(27)13-28-21-25-24-20-16-9-4-5-10-17(16)23-19(26(20)21)15-8-6-7-14(2)12-15/h4-10,12H,3,11,13H2,1-2H3,(H,22,27). The van der Waals surface area contributed by atoms with Gasteiger partial charge in [0.15, 0.2) is 10.8 Å². The topological polar surface area (TPSA) is 72.2 Å². The molecule has 4 aromatic rings. The van der Waals surface area contributed by atoms with Gasteiger partial charge < -0.3 is 5.32 Å². The number of aromatic nitrogens is 4. The van der Waals surface area contributed by atoms with E-state index >= 15 is 0 Å². The summed E-state index contributed by atoms with van der Waals surface area (Å²) in [7, 11) is 0. The van der Waals surface area contributed by atoms with Gasteiger partial charge in [-0.25, -0.2) is 4.98 Å². The predicted octanol–water partition coefficient (Wildman–Crippen LogP) is 3.87. The highest BCUT2D eigenvalue weighted by Crippen LogP contribution is 2.29. The number of para-hydroxylation sites is 1. The second kappa shape index (κ2) is 7.98. The highest BCUT2D eigenvalue weighted by atomic mass is 32.2. The first-order valence-corrected chi connectivity index (χ1v) is 10.3. The molecule has 4 rings (SSSR count). The molecule has 142 valence electrons. The van der Waals surface area contributed by atoms with E-state index in [1.54, 1.807) is 0 Å². The van der Waals surface area contributed by atoms with Crippen molar-refractivity contribution in [3.8, 4) is 11.4 Å².